The van der Waals surface area contributed by atoms with Crippen molar-refractivity contribution in [2.45, 2.75) is 51.1 Å². The fraction of sp³-hybridized carbons (Fsp3) is 0.522. The van der Waals surface area contributed by atoms with Crippen LogP contribution in [0.3, 0.4) is 0 Å². The first-order valence-electron chi connectivity index (χ1n) is 11.5. The molecule has 1 aliphatic heterocycles. The number of nitrogens with zero attached hydrogens (tertiary/aromatic N) is 6. The summed E-state index contributed by atoms with van der Waals surface area (Å²) in [6.45, 7) is 3.08. The average Bonchev–Trinajstić information content (AvgIpc) is 3.26. The van der Waals surface area contributed by atoms with Crippen LogP contribution in [0, 0.1) is 0 Å². The number of pyridine rings is 1. The molecule has 1 fully saturated rings. The van der Waals surface area contributed by atoms with Crippen LogP contribution in [0.15, 0.2) is 34.1 Å². The molecule has 0 amide bonds. The second kappa shape index (κ2) is 8.82. The highest BCUT2D eigenvalue weighted by atomic mass is 16.1. The van der Waals surface area contributed by atoms with E-state index in [0.717, 1.165) is 56.5 Å². The summed E-state index contributed by atoms with van der Waals surface area (Å²) in [7, 11) is 1.74. The Kier molecular flexibility index (Phi) is 5.73. The molecule has 3 aromatic heterocycles. The van der Waals surface area contributed by atoms with Crippen LogP contribution in [0.5, 0.6) is 0 Å². The number of nitrogens with one attached hydrogen (secondary N) is 1. The molecule has 1 N–H and O–H groups in total. The molecular formula is C23H29N7O2. The Morgan fingerprint density at radius 2 is 2.06 bits per heavy atom. The summed E-state index contributed by atoms with van der Waals surface area (Å²) >= 11 is 0. The fourth-order valence-corrected chi connectivity index (χ4v) is 4.90. The Balaban J connectivity index is 1.28. The van der Waals surface area contributed by atoms with Crippen molar-refractivity contribution in [2.24, 2.45) is 7.05 Å². The molecule has 3 aromatic rings. The molecule has 9 heteroatoms. The predicted octanol–water partition coefficient (Wildman–Crippen LogP) is 1.34. The SMILES string of the molecule is Cn1c(NCC2CCCCN2CCn2nc3c(cc2=O)CCC3)nc2cnccc2c1=O. The monoisotopic (exact) mass is 435 g/mol. The number of likely N-dealkylation sites (tertiary alicyclic amines) is 1. The van der Waals surface area contributed by atoms with Gasteiger partial charge < -0.3 is 5.32 Å². The second-order valence-corrected chi connectivity index (χ2v) is 8.79. The Hall–Kier alpha value is -3.07. The minimum atomic E-state index is -0.0811. The fourth-order valence-electron chi connectivity index (χ4n) is 4.90. The zero-order valence-corrected chi connectivity index (χ0v) is 18.5. The van der Waals surface area contributed by atoms with Crippen LogP contribution in [-0.2, 0) is 26.4 Å². The summed E-state index contributed by atoms with van der Waals surface area (Å²) in [5.41, 5.74) is 2.72. The van der Waals surface area contributed by atoms with Gasteiger partial charge >= 0.3 is 0 Å². The number of piperidine rings is 1. The number of rotatable bonds is 6. The maximum atomic E-state index is 12.6. The van der Waals surface area contributed by atoms with Gasteiger partial charge in [0.25, 0.3) is 11.1 Å². The molecule has 1 saturated heterocycles. The summed E-state index contributed by atoms with van der Waals surface area (Å²) < 4.78 is 3.19. The molecule has 1 aliphatic carbocycles. The highest BCUT2D eigenvalue weighted by molar-refractivity contribution is 5.77. The molecule has 4 heterocycles. The molecule has 0 radical (unpaired) electrons. The third-order valence-electron chi connectivity index (χ3n) is 6.75. The summed E-state index contributed by atoms with van der Waals surface area (Å²) in [4.78, 5) is 36.2. The van der Waals surface area contributed by atoms with Crippen LogP contribution in [0.4, 0.5) is 5.95 Å². The first kappa shape index (κ1) is 20.8. The van der Waals surface area contributed by atoms with E-state index in [0.29, 0.717) is 36.0 Å². The van der Waals surface area contributed by atoms with Crippen molar-refractivity contribution >= 4 is 16.9 Å². The Morgan fingerprint density at radius 3 is 2.97 bits per heavy atom. The number of aromatic nitrogens is 5. The smallest absolute Gasteiger partial charge is 0.267 e. The van der Waals surface area contributed by atoms with Gasteiger partial charge in [0.05, 0.1) is 29.3 Å². The van der Waals surface area contributed by atoms with Gasteiger partial charge in [0.1, 0.15) is 0 Å². The molecule has 1 unspecified atom stereocenters. The lowest BCUT2D eigenvalue weighted by atomic mass is 10.0. The maximum Gasteiger partial charge on any atom is 0.267 e. The van der Waals surface area contributed by atoms with Gasteiger partial charge in [-0.3, -0.25) is 24.0 Å². The number of hydrogen-bond acceptors (Lipinski definition) is 7. The van der Waals surface area contributed by atoms with Gasteiger partial charge in [0.2, 0.25) is 5.95 Å². The molecule has 32 heavy (non-hydrogen) atoms. The molecule has 0 aromatic carbocycles. The van der Waals surface area contributed by atoms with Gasteiger partial charge in [0.15, 0.2) is 0 Å². The molecular weight excluding hydrogens is 406 g/mol. The summed E-state index contributed by atoms with van der Waals surface area (Å²) in [5, 5.41) is 8.57. The van der Waals surface area contributed by atoms with Crippen LogP contribution in [0.25, 0.3) is 10.9 Å². The van der Waals surface area contributed by atoms with E-state index in [-0.39, 0.29) is 11.1 Å². The Bertz CT molecular complexity index is 1250. The van der Waals surface area contributed by atoms with Gasteiger partial charge in [-0.25, -0.2) is 9.67 Å². The minimum Gasteiger partial charge on any atom is -0.354 e. The molecule has 2 aliphatic rings. The van der Waals surface area contributed by atoms with E-state index in [2.05, 4.69) is 25.3 Å². The highest BCUT2D eigenvalue weighted by Gasteiger charge is 2.23. The van der Waals surface area contributed by atoms with E-state index in [1.54, 1.807) is 40.8 Å². The van der Waals surface area contributed by atoms with Gasteiger partial charge in [-0.15, -0.1) is 0 Å². The number of fused-ring (bicyclic) bond motifs is 2. The molecule has 9 nitrogen and oxygen atoms in total. The lowest BCUT2D eigenvalue weighted by molar-refractivity contribution is 0.147. The lowest BCUT2D eigenvalue weighted by Gasteiger charge is -2.36. The molecule has 168 valence electrons. The standard InChI is InChI=1S/C23H29N7O2/c1-28-22(32)18-8-9-24-15-20(18)26-23(28)25-14-17-6-2-3-10-29(17)11-12-30-21(31)13-16-5-4-7-19(16)27-30/h8-9,13,15,17H,2-7,10-12,14H2,1H3,(H,25,26). The molecule has 0 spiro atoms. The van der Waals surface area contributed by atoms with E-state index in [4.69, 9.17) is 0 Å². The molecule has 1 atom stereocenters. The van der Waals surface area contributed by atoms with Crippen LogP contribution in [0.2, 0.25) is 0 Å². The van der Waals surface area contributed by atoms with Gasteiger partial charge in [-0.2, -0.15) is 5.10 Å². The third-order valence-corrected chi connectivity index (χ3v) is 6.75. The Labute approximate surface area is 186 Å². The zero-order valence-electron chi connectivity index (χ0n) is 18.5. The van der Waals surface area contributed by atoms with E-state index in [1.165, 1.54) is 6.42 Å². The van der Waals surface area contributed by atoms with Crippen LogP contribution >= 0.6 is 0 Å². The van der Waals surface area contributed by atoms with Gasteiger partial charge in [-0.1, -0.05) is 6.42 Å². The minimum absolute atomic E-state index is 0.00121. The van der Waals surface area contributed by atoms with Crippen molar-refractivity contribution < 1.29 is 0 Å². The first-order valence-corrected chi connectivity index (χ1v) is 11.5. The van der Waals surface area contributed by atoms with Crippen LogP contribution in [-0.4, -0.2) is 54.9 Å². The molecule has 5 rings (SSSR count). The summed E-state index contributed by atoms with van der Waals surface area (Å²) in [6, 6.07) is 3.79. The molecule has 0 saturated carbocycles. The normalized spacial score (nSPS) is 18.7. The largest absolute Gasteiger partial charge is 0.354 e. The Morgan fingerprint density at radius 1 is 1.16 bits per heavy atom. The molecule has 0 bridgehead atoms. The van der Waals surface area contributed by atoms with Crippen molar-refractivity contribution in [2.75, 3.05) is 25.0 Å². The van der Waals surface area contributed by atoms with E-state index in [9.17, 15) is 9.59 Å². The zero-order chi connectivity index (χ0) is 22.1. The summed E-state index contributed by atoms with van der Waals surface area (Å²) in [6.07, 6.45) is 9.67. The van der Waals surface area contributed by atoms with Gasteiger partial charge in [-0.05, 0) is 50.3 Å². The van der Waals surface area contributed by atoms with E-state index < -0.39 is 0 Å². The highest BCUT2D eigenvalue weighted by Crippen LogP contribution is 2.19. The van der Waals surface area contributed by atoms with Gasteiger partial charge in [0, 0.05) is 38.4 Å². The number of hydrogen-bond donors (Lipinski definition) is 1. The third kappa shape index (κ3) is 4.04. The average molecular weight is 436 g/mol. The maximum absolute atomic E-state index is 12.6. The second-order valence-electron chi connectivity index (χ2n) is 8.79. The van der Waals surface area contributed by atoms with Crippen molar-refractivity contribution in [3.8, 4) is 0 Å². The van der Waals surface area contributed by atoms with Crippen molar-refractivity contribution in [3.05, 3.63) is 56.5 Å². The van der Waals surface area contributed by atoms with Crippen LogP contribution in [0.1, 0.15) is 36.9 Å². The van der Waals surface area contributed by atoms with E-state index >= 15 is 0 Å². The summed E-state index contributed by atoms with van der Waals surface area (Å²) in [5.74, 6) is 0.553. The number of anilines is 1. The van der Waals surface area contributed by atoms with Crippen molar-refractivity contribution in [1.82, 2.24) is 29.2 Å². The number of aryl methyl sites for hydroxylation is 2. The topological polar surface area (TPSA) is 97.9 Å². The lowest BCUT2D eigenvalue weighted by Crippen LogP contribution is -2.46. The first-order chi connectivity index (χ1) is 15.6. The van der Waals surface area contributed by atoms with Crippen molar-refractivity contribution in [3.63, 3.8) is 0 Å². The van der Waals surface area contributed by atoms with E-state index in [1.807, 2.05) is 0 Å². The van der Waals surface area contributed by atoms with Crippen molar-refractivity contribution in [1.29, 1.82) is 0 Å². The van der Waals surface area contributed by atoms with Crippen LogP contribution < -0.4 is 16.4 Å². The quantitative estimate of drug-likeness (QED) is 0.624. The predicted molar refractivity (Wildman–Crippen MR) is 123 cm³/mol.